The normalized spacial score (nSPS) is 20.2. The van der Waals surface area contributed by atoms with Crippen LogP contribution in [0, 0.1) is 5.82 Å². The van der Waals surface area contributed by atoms with Crippen LogP contribution < -0.4 is 10.6 Å². The van der Waals surface area contributed by atoms with Crippen LogP contribution in [-0.4, -0.2) is 30.2 Å². The van der Waals surface area contributed by atoms with Crippen LogP contribution in [0.5, 0.6) is 0 Å². The number of aliphatic hydroxyl groups excluding tert-OH is 1. The molecular weight excluding hydrogens is 257 g/mol. The Morgan fingerprint density at radius 3 is 3.06 bits per heavy atom. The first-order valence-corrected chi connectivity index (χ1v) is 6.12. The number of aliphatic hydroxyl groups is 1. The second-order valence-electron chi connectivity index (χ2n) is 4.30. The van der Waals surface area contributed by atoms with E-state index < -0.39 is 11.9 Å². The Balaban J connectivity index is 1.91. The van der Waals surface area contributed by atoms with Gasteiger partial charge in [0.15, 0.2) is 5.96 Å². The summed E-state index contributed by atoms with van der Waals surface area (Å²) in [5, 5.41) is 16.0. The Labute approximate surface area is 110 Å². The first kappa shape index (κ1) is 13.1. The van der Waals surface area contributed by atoms with E-state index in [1.54, 1.807) is 6.07 Å². The Kier molecular flexibility index (Phi) is 4.04. The zero-order chi connectivity index (χ0) is 13.1. The van der Waals surface area contributed by atoms with Gasteiger partial charge in [-0.2, -0.15) is 0 Å². The van der Waals surface area contributed by atoms with Gasteiger partial charge in [-0.1, -0.05) is 17.7 Å². The molecule has 2 unspecified atom stereocenters. The summed E-state index contributed by atoms with van der Waals surface area (Å²) in [6.07, 6.45) is -0.808. The number of hydrogen-bond acceptors (Lipinski definition) is 4. The number of aliphatic imine (C=N–C) groups is 1. The lowest BCUT2D eigenvalue weighted by atomic mass is 10.1. The van der Waals surface area contributed by atoms with Gasteiger partial charge in [0.05, 0.1) is 17.7 Å². The molecule has 4 nitrogen and oxygen atoms in total. The van der Waals surface area contributed by atoms with Crippen molar-refractivity contribution in [2.24, 2.45) is 4.99 Å². The van der Waals surface area contributed by atoms with Crippen LogP contribution in [0.4, 0.5) is 4.39 Å². The number of rotatable bonds is 3. The van der Waals surface area contributed by atoms with Crippen molar-refractivity contribution < 1.29 is 9.50 Å². The molecule has 0 aliphatic carbocycles. The molecule has 1 aromatic carbocycles. The van der Waals surface area contributed by atoms with Crippen molar-refractivity contribution in [2.45, 2.75) is 19.1 Å². The third-order valence-electron chi connectivity index (χ3n) is 2.70. The maximum atomic E-state index is 13.2. The molecule has 1 aliphatic heterocycles. The molecule has 6 heteroatoms. The molecule has 0 bridgehead atoms. The number of benzene rings is 1. The quantitative estimate of drug-likeness (QED) is 0.780. The van der Waals surface area contributed by atoms with Gasteiger partial charge in [-0.25, -0.2) is 4.39 Å². The lowest BCUT2D eigenvalue weighted by Crippen LogP contribution is -2.39. The maximum Gasteiger partial charge on any atom is 0.191 e. The van der Waals surface area contributed by atoms with Crippen molar-refractivity contribution >= 4 is 17.6 Å². The van der Waals surface area contributed by atoms with Crippen molar-refractivity contribution in [3.05, 3.63) is 34.6 Å². The van der Waals surface area contributed by atoms with Crippen molar-refractivity contribution in [2.75, 3.05) is 13.1 Å². The van der Waals surface area contributed by atoms with E-state index in [9.17, 15) is 9.50 Å². The first-order valence-electron chi connectivity index (χ1n) is 5.74. The second kappa shape index (κ2) is 5.54. The standard InChI is InChI=1S/C12H15ClFN3O/c1-7-5-15-12(17-7)16-6-11(18)8-2-3-9(13)10(14)4-8/h2-4,7,11,18H,5-6H2,1H3,(H2,15,16,17). The van der Waals surface area contributed by atoms with Gasteiger partial charge in [-0.15, -0.1) is 0 Å². The van der Waals surface area contributed by atoms with Crippen LogP contribution in [0.25, 0.3) is 0 Å². The van der Waals surface area contributed by atoms with Gasteiger partial charge in [0.1, 0.15) is 5.82 Å². The summed E-state index contributed by atoms with van der Waals surface area (Å²) >= 11 is 5.58. The van der Waals surface area contributed by atoms with Gasteiger partial charge in [0.2, 0.25) is 0 Å². The van der Waals surface area contributed by atoms with Gasteiger partial charge in [0.25, 0.3) is 0 Å². The third-order valence-corrected chi connectivity index (χ3v) is 3.00. The van der Waals surface area contributed by atoms with Crippen LogP contribution in [-0.2, 0) is 0 Å². The average Bonchev–Trinajstić information content (AvgIpc) is 2.75. The van der Waals surface area contributed by atoms with Crippen LogP contribution in [0.3, 0.4) is 0 Å². The molecule has 98 valence electrons. The van der Waals surface area contributed by atoms with Crippen molar-refractivity contribution in [3.63, 3.8) is 0 Å². The van der Waals surface area contributed by atoms with Crippen LogP contribution in [0.15, 0.2) is 23.2 Å². The number of nitrogens with zero attached hydrogens (tertiary/aromatic N) is 1. The summed E-state index contributed by atoms with van der Waals surface area (Å²) in [7, 11) is 0. The smallest absolute Gasteiger partial charge is 0.191 e. The van der Waals surface area contributed by atoms with Crippen molar-refractivity contribution in [3.8, 4) is 0 Å². The Bertz CT molecular complexity index is 467. The Hall–Kier alpha value is -1.33. The lowest BCUT2D eigenvalue weighted by molar-refractivity contribution is 0.180. The average molecular weight is 272 g/mol. The van der Waals surface area contributed by atoms with Crippen LogP contribution in [0.2, 0.25) is 5.02 Å². The molecule has 1 aromatic rings. The predicted molar refractivity (Wildman–Crippen MR) is 69.3 cm³/mol. The molecule has 2 atom stereocenters. The molecule has 18 heavy (non-hydrogen) atoms. The number of halogens is 2. The molecule has 1 aliphatic rings. The minimum Gasteiger partial charge on any atom is -0.387 e. The molecule has 1 heterocycles. The van der Waals surface area contributed by atoms with E-state index in [1.807, 2.05) is 6.92 Å². The van der Waals surface area contributed by atoms with Crippen LogP contribution in [0.1, 0.15) is 18.6 Å². The molecule has 0 spiro atoms. The fraction of sp³-hybridized carbons (Fsp3) is 0.417. The van der Waals surface area contributed by atoms with Gasteiger partial charge < -0.3 is 15.7 Å². The van der Waals surface area contributed by atoms with E-state index in [1.165, 1.54) is 12.1 Å². The van der Waals surface area contributed by atoms with Crippen molar-refractivity contribution in [1.29, 1.82) is 0 Å². The molecule has 0 radical (unpaired) electrons. The van der Waals surface area contributed by atoms with E-state index in [0.717, 1.165) is 0 Å². The zero-order valence-corrected chi connectivity index (χ0v) is 10.7. The summed E-state index contributed by atoms with van der Waals surface area (Å²) in [5.74, 6) is 0.133. The van der Waals surface area contributed by atoms with Crippen LogP contribution >= 0.6 is 11.6 Å². The third kappa shape index (κ3) is 3.11. The predicted octanol–water partition coefficient (Wildman–Crippen LogP) is 1.45. The lowest BCUT2D eigenvalue weighted by Gasteiger charge is -2.14. The SMILES string of the molecule is CC1CN=C(NCC(O)c2ccc(Cl)c(F)c2)N1. The summed E-state index contributed by atoms with van der Waals surface area (Å²) < 4.78 is 13.2. The molecular formula is C12H15ClFN3O. The van der Waals surface area contributed by atoms with Gasteiger partial charge in [-0.05, 0) is 24.6 Å². The molecule has 0 amide bonds. The molecule has 3 N–H and O–H groups in total. The summed E-state index contributed by atoms with van der Waals surface area (Å²) in [6, 6.07) is 4.58. The highest BCUT2D eigenvalue weighted by molar-refractivity contribution is 6.30. The summed E-state index contributed by atoms with van der Waals surface area (Å²) in [5.41, 5.74) is 0.482. The number of guanidine groups is 1. The molecule has 0 aromatic heterocycles. The fourth-order valence-electron chi connectivity index (χ4n) is 1.69. The first-order chi connectivity index (χ1) is 8.56. The summed E-state index contributed by atoms with van der Waals surface area (Å²) in [4.78, 5) is 4.20. The van der Waals surface area contributed by atoms with Gasteiger partial charge in [0, 0.05) is 12.6 Å². The van der Waals surface area contributed by atoms with Crippen molar-refractivity contribution in [1.82, 2.24) is 10.6 Å². The van der Waals surface area contributed by atoms with E-state index >= 15 is 0 Å². The number of hydrogen-bond donors (Lipinski definition) is 3. The van der Waals surface area contributed by atoms with Gasteiger partial charge >= 0.3 is 0 Å². The topological polar surface area (TPSA) is 56.7 Å². The largest absolute Gasteiger partial charge is 0.387 e. The van der Waals surface area contributed by atoms with E-state index in [0.29, 0.717) is 24.1 Å². The second-order valence-corrected chi connectivity index (χ2v) is 4.71. The van der Waals surface area contributed by atoms with Gasteiger partial charge in [-0.3, -0.25) is 4.99 Å². The number of nitrogens with one attached hydrogen (secondary N) is 2. The zero-order valence-electron chi connectivity index (χ0n) is 9.95. The molecule has 0 fully saturated rings. The maximum absolute atomic E-state index is 13.2. The minimum atomic E-state index is -0.808. The highest BCUT2D eigenvalue weighted by atomic mass is 35.5. The van der Waals surface area contributed by atoms with E-state index in [-0.39, 0.29) is 11.6 Å². The highest BCUT2D eigenvalue weighted by Crippen LogP contribution is 2.19. The Morgan fingerprint density at radius 1 is 1.67 bits per heavy atom. The summed E-state index contributed by atoms with van der Waals surface area (Å²) in [6.45, 7) is 3.00. The molecule has 0 saturated heterocycles. The molecule has 0 saturated carbocycles. The fourth-order valence-corrected chi connectivity index (χ4v) is 1.81. The Morgan fingerprint density at radius 2 is 2.44 bits per heavy atom. The van der Waals surface area contributed by atoms with E-state index in [4.69, 9.17) is 11.6 Å². The highest BCUT2D eigenvalue weighted by Gasteiger charge is 2.14. The van der Waals surface area contributed by atoms with E-state index in [2.05, 4.69) is 15.6 Å². The monoisotopic (exact) mass is 271 g/mol. The minimum absolute atomic E-state index is 0.0505. The molecule has 2 rings (SSSR count).